The van der Waals surface area contributed by atoms with Gasteiger partial charge in [0.1, 0.15) is 10.6 Å². The predicted octanol–water partition coefficient (Wildman–Crippen LogP) is 3.29. The highest BCUT2D eigenvalue weighted by atomic mass is 32.2. The van der Waals surface area contributed by atoms with E-state index in [1.807, 2.05) is 0 Å². The maximum Gasteiger partial charge on any atom is 0.263 e. The summed E-state index contributed by atoms with van der Waals surface area (Å²) >= 11 is 2.39. The number of nitrogens with zero attached hydrogens (tertiary/aromatic N) is 2. The molecule has 0 bridgehead atoms. The molecule has 0 aliphatic heterocycles. The summed E-state index contributed by atoms with van der Waals surface area (Å²) in [6.45, 7) is 0.495. The molecule has 4 rings (SSSR count). The lowest BCUT2D eigenvalue weighted by molar-refractivity contribution is -0.113. The van der Waals surface area contributed by atoms with Gasteiger partial charge in [0.15, 0.2) is 5.16 Å². The number of amides is 1. The zero-order chi connectivity index (χ0) is 25.9. The first-order chi connectivity index (χ1) is 17.2. The Morgan fingerprint density at radius 2 is 1.89 bits per heavy atom. The number of nitrogens with two attached hydrogens (primary N) is 1. The van der Waals surface area contributed by atoms with Crippen LogP contribution in [-0.2, 0) is 26.1 Å². The van der Waals surface area contributed by atoms with Crippen LogP contribution in [0, 0.1) is 5.82 Å². The van der Waals surface area contributed by atoms with Crippen LogP contribution in [0.1, 0.15) is 0 Å². The third kappa shape index (κ3) is 5.82. The van der Waals surface area contributed by atoms with Crippen LogP contribution in [0.2, 0.25) is 0 Å². The summed E-state index contributed by atoms with van der Waals surface area (Å²) in [5, 5.41) is 10.3. The van der Waals surface area contributed by atoms with Crippen molar-refractivity contribution in [3.8, 4) is 11.1 Å². The lowest BCUT2D eigenvalue weighted by Crippen LogP contribution is -2.25. The van der Waals surface area contributed by atoms with Gasteiger partial charge in [-0.25, -0.2) is 22.9 Å². The molecule has 0 saturated carbocycles. The molecule has 36 heavy (non-hydrogen) atoms. The molecule has 0 saturated heterocycles. The van der Waals surface area contributed by atoms with E-state index in [2.05, 4.69) is 10.3 Å². The Kier molecular flexibility index (Phi) is 7.85. The average molecular weight is 549 g/mol. The number of sulfonamides is 1. The van der Waals surface area contributed by atoms with E-state index < -0.39 is 10.0 Å². The fourth-order valence-electron chi connectivity index (χ4n) is 3.39. The van der Waals surface area contributed by atoms with Gasteiger partial charge in [0.05, 0.1) is 29.2 Å². The second kappa shape index (κ2) is 10.9. The topological polar surface area (TPSA) is 133 Å². The van der Waals surface area contributed by atoms with Gasteiger partial charge in [-0.15, -0.1) is 11.3 Å². The third-order valence-electron chi connectivity index (χ3n) is 5.13. The monoisotopic (exact) mass is 548 g/mol. The minimum Gasteiger partial charge on any atom is -0.383 e. The van der Waals surface area contributed by atoms with Crippen molar-refractivity contribution >= 4 is 54.9 Å². The molecular weight excluding hydrogens is 527 g/mol. The summed E-state index contributed by atoms with van der Waals surface area (Å²) in [6, 6.07) is 11.4. The molecule has 0 aliphatic carbocycles. The number of ether oxygens (including phenoxy) is 1. The summed E-state index contributed by atoms with van der Waals surface area (Å²) in [5.74, 6) is -0.779. The van der Waals surface area contributed by atoms with Crippen molar-refractivity contribution in [1.29, 1.82) is 0 Å². The first kappa shape index (κ1) is 26.0. The van der Waals surface area contributed by atoms with Crippen LogP contribution in [0.4, 0.5) is 10.1 Å². The van der Waals surface area contributed by atoms with E-state index in [-0.39, 0.29) is 41.1 Å². The maximum absolute atomic E-state index is 13.5. The smallest absolute Gasteiger partial charge is 0.263 e. The Morgan fingerprint density at radius 1 is 1.19 bits per heavy atom. The summed E-state index contributed by atoms with van der Waals surface area (Å²) in [5.41, 5.74) is 1.48. The molecule has 0 atom stereocenters. The Labute approximate surface area is 214 Å². The van der Waals surface area contributed by atoms with E-state index in [0.717, 1.165) is 11.8 Å². The number of hydrogen-bond acceptors (Lipinski definition) is 8. The van der Waals surface area contributed by atoms with Gasteiger partial charge in [-0.1, -0.05) is 23.9 Å². The van der Waals surface area contributed by atoms with Crippen molar-refractivity contribution in [1.82, 2.24) is 9.55 Å². The Bertz CT molecular complexity index is 1570. The van der Waals surface area contributed by atoms with Crippen LogP contribution in [-0.4, -0.2) is 43.3 Å². The second-order valence-corrected chi connectivity index (χ2v) is 10.9. The van der Waals surface area contributed by atoms with Crippen molar-refractivity contribution in [2.75, 3.05) is 24.8 Å². The van der Waals surface area contributed by atoms with Crippen LogP contribution in [0.25, 0.3) is 21.3 Å². The Balaban J connectivity index is 1.58. The van der Waals surface area contributed by atoms with E-state index in [1.54, 1.807) is 17.5 Å². The molecule has 0 spiro atoms. The zero-order valence-corrected chi connectivity index (χ0v) is 21.4. The summed E-state index contributed by atoms with van der Waals surface area (Å²) in [7, 11) is -2.31. The van der Waals surface area contributed by atoms with Gasteiger partial charge in [-0.05, 0) is 42.0 Å². The minimum absolute atomic E-state index is 0.0436. The lowest BCUT2D eigenvalue weighted by Gasteiger charge is -2.12. The molecule has 0 radical (unpaired) electrons. The highest BCUT2D eigenvalue weighted by Gasteiger charge is 2.18. The first-order valence-electron chi connectivity index (χ1n) is 10.5. The molecule has 3 N–H and O–H groups in total. The molecule has 0 unspecified atom stereocenters. The number of carbonyl (C=O) groups is 1. The summed E-state index contributed by atoms with van der Waals surface area (Å²) < 4.78 is 42.7. The van der Waals surface area contributed by atoms with Gasteiger partial charge in [0.2, 0.25) is 15.9 Å². The third-order valence-corrected chi connectivity index (χ3v) is 7.91. The van der Waals surface area contributed by atoms with Gasteiger partial charge >= 0.3 is 0 Å². The zero-order valence-electron chi connectivity index (χ0n) is 18.9. The number of thioether (sulfide) groups is 1. The molecule has 0 fully saturated rings. The predicted molar refractivity (Wildman–Crippen MR) is 138 cm³/mol. The highest BCUT2D eigenvalue weighted by Crippen LogP contribution is 2.32. The Hall–Kier alpha value is -3.10. The highest BCUT2D eigenvalue weighted by molar-refractivity contribution is 7.99. The number of fused-ring (bicyclic) bond motifs is 1. The molecule has 9 nitrogen and oxygen atoms in total. The molecule has 188 valence electrons. The number of halogens is 1. The number of thiophene rings is 1. The van der Waals surface area contributed by atoms with E-state index in [9.17, 15) is 22.4 Å². The number of hydrogen-bond donors (Lipinski definition) is 2. The van der Waals surface area contributed by atoms with Gasteiger partial charge in [-0.2, -0.15) is 0 Å². The van der Waals surface area contributed by atoms with Gasteiger partial charge in [0, 0.05) is 23.7 Å². The van der Waals surface area contributed by atoms with Crippen molar-refractivity contribution in [2.45, 2.75) is 16.6 Å². The maximum atomic E-state index is 13.5. The first-order valence-corrected chi connectivity index (χ1v) is 13.9. The molecule has 13 heteroatoms. The average Bonchev–Trinajstić information content (AvgIpc) is 3.27. The van der Waals surface area contributed by atoms with Gasteiger partial charge in [0.25, 0.3) is 5.56 Å². The van der Waals surface area contributed by atoms with Crippen LogP contribution in [0.3, 0.4) is 0 Å². The van der Waals surface area contributed by atoms with Crippen molar-refractivity contribution in [3.05, 3.63) is 70.1 Å². The van der Waals surface area contributed by atoms with Crippen LogP contribution < -0.4 is 16.0 Å². The van der Waals surface area contributed by atoms with Crippen molar-refractivity contribution < 1.29 is 22.3 Å². The fourth-order valence-corrected chi connectivity index (χ4v) is 5.72. The van der Waals surface area contributed by atoms with E-state index in [1.165, 1.54) is 59.4 Å². The largest absolute Gasteiger partial charge is 0.383 e. The minimum atomic E-state index is -3.83. The molecule has 4 aromatic rings. The number of primary sulfonamides is 1. The molecule has 0 aliphatic rings. The number of nitrogens with one attached hydrogen (secondary N) is 1. The second-order valence-electron chi connectivity index (χ2n) is 7.59. The number of rotatable bonds is 9. The van der Waals surface area contributed by atoms with Gasteiger partial charge in [-0.3, -0.25) is 14.2 Å². The van der Waals surface area contributed by atoms with Crippen LogP contribution in [0.5, 0.6) is 0 Å². The molecular formula is C23H21FN4O5S3. The van der Waals surface area contributed by atoms with E-state index in [4.69, 9.17) is 9.88 Å². The van der Waals surface area contributed by atoms with Gasteiger partial charge < -0.3 is 10.1 Å². The lowest BCUT2D eigenvalue weighted by atomic mass is 10.1. The van der Waals surface area contributed by atoms with Crippen molar-refractivity contribution in [3.63, 3.8) is 0 Å². The SMILES string of the molecule is COCCn1c(SCC(=O)Nc2ccc(S(N)(=O)=O)cc2)nc2scc(-c3ccc(F)cc3)c2c1=O. The summed E-state index contributed by atoms with van der Waals surface area (Å²) in [6.07, 6.45) is 0. The Morgan fingerprint density at radius 3 is 2.53 bits per heavy atom. The van der Waals surface area contributed by atoms with E-state index >= 15 is 0 Å². The fraction of sp³-hybridized carbons (Fsp3) is 0.174. The number of benzene rings is 2. The quantitative estimate of drug-likeness (QED) is 0.242. The standard InChI is InChI=1S/C23H21FN4O5S3/c1-33-11-10-28-22(30)20-18(14-2-4-15(24)5-3-14)12-34-21(20)27-23(28)35-13-19(29)26-16-6-8-17(9-7-16)36(25,31)32/h2-9,12H,10-11,13H2,1H3,(H,26,29)(H2,25,31,32). The van der Waals surface area contributed by atoms with Crippen molar-refractivity contribution in [2.24, 2.45) is 5.14 Å². The van der Waals surface area contributed by atoms with Crippen LogP contribution in [0.15, 0.2) is 68.8 Å². The van der Waals surface area contributed by atoms with E-state index in [0.29, 0.717) is 32.2 Å². The molecule has 2 aromatic carbocycles. The number of anilines is 1. The molecule has 2 heterocycles. The summed E-state index contributed by atoms with van der Waals surface area (Å²) in [4.78, 5) is 31.0. The molecule has 1 amide bonds. The van der Waals surface area contributed by atoms with Crippen LogP contribution >= 0.6 is 23.1 Å². The number of aromatic nitrogens is 2. The number of carbonyl (C=O) groups excluding carboxylic acids is 1. The normalized spacial score (nSPS) is 11.6. The number of methoxy groups -OCH3 is 1. The molecule has 2 aromatic heterocycles.